The van der Waals surface area contributed by atoms with Gasteiger partial charge in [-0.25, -0.2) is 0 Å². The van der Waals surface area contributed by atoms with Gasteiger partial charge in [0.1, 0.15) is 0 Å². The standard InChI is InChI=1S/C17H16/c1-3-17(4-2,15-11-7-5-8-12-15)16-13-9-6-10-14-16/h3-14H,1-2H2. The fraction of sp³-hybridized carbons (Fsp3) is 0.0588. The van der Waals surface area contributed by atoms with Crippen molar-refractivity contribution in [3.8, 4) is 0 Å². The summed E-state index contributed by atoms with van der Waals surface area (Å²) in [6, 6.07) is 20.6. The van der Waals surface area contributed by atoms with Crippen molar-refractivity contribution in [2.45, 2.75) is 5.41 Å². The van der Waals surface area contributed by atoms with E-state index in [1.807, 2.05) is 48.6 Å². The summed E-state index contributed by atoms with van der Waals surface area (Å²) in [5.41, 5.74) is 2.08. The van der Waals surface area contributed by atoms with Gasteiger partial charge in [0.2, 0.25) is 0 Å². The summed E-state index contributed by atoms with van der Waals surface area (Å²) in [6.07, 6.45) is 3.90. The predicted octanol–water partition coefficient (Wildman–Crippen LogP) is 4.34. The molecular weight excluding hydrogens is 204 g/mol. The maximum absolute atomic E-state index is 3.99. The number of allylic oxidation sites excluding steroid dienone is 2. The summed E-state index contributed by atoms with van der Waals surface area (Å²) in [7, 11) is 0. The second-order valence-electron chi connectivity index (χ2n) is 4.01. The van der Waals surface area contributed by atoms with Crippen molar-refractivity contribution >= 4 is 0 Å². The van der Waals surface area contributed by atoms with Gasteiger partial charge in [-0.3, -0.25) is 0 Å². The second-order valence-corrected chi connectivity index (χ2v) is 4.01. The Labute approximate surface area is 103 Å². The van der Waals surface area contributed by atoms with E-state index >= 15 is 0 Å². The first-order chi connectivity index (χ1) is 8.33. The van der Waals surface area contributed by atoms with E-state index in [1.165, 1.54) is 11.1 Å². The largest absolute Gasteiger partial charge is 0.102 e. The van der Waals surface area contributed by atoms with Gasteiger partial charge in [-0.05, 0) is 11.1 Å². The van der Waals surface area contributed by atoms with Gasteiger partial charge < -0.3 is 0 Å². The quantitative estimate of drug-likeness (QED) is 0.672. The first-order valence-corrected chi connectivity index (χ1v) is 5.72. The molecule has 2 aromatic carbocycles. The van der Waals surface area contributed by atoms with Crippen molar-refractivity contribution < 1.29 is 0 Å². The van der Waals surface area contributed by atoms with Crippen LogP contribution in [0.1, 0.15) is 11.1 Å². The van der Waals surface area contributed by atoms with E-state index in [9.17, 15) is 0 Å². The third kappa shape index (κ3) is 1.94. The van der Waals surface area contributed by atoms with Gasteiger partial charge in [0.15, 0.2) is 0 Å². The molecule has 0 aliphatic heterocycles. The lowest BCUT2D eigenvalue weighted by Gasteiger charge is -2.28. The van der Waals surface area contributed by atoms with Crippen LogP contribution in [0, 0.1) is 0 Å². The Balaban J connectivity index is 2.62. The summed E-state index contributed by atoms with van der Waals surface area (Å²) in [5, 5.41) is 0. The van der Waals surface area contributed by atoms with Gasteiger partial charge in [-0.2, -0.15) is 0 Å². The number of rotatable bonds is 4. The molecule has 0 saturated heterocycles. The molecule has 2 rings (SSSR count). The SMILES string of the molecule is C=CC(C=C)(c1ccccc1)c1ccccc1. The zero-order valence-electron chi connectivity index (χ0n) is 9.84. The molecule has 0 aliphatic rings. The van der Waals surface area contributed by atoms with E-state index in [4.69, 9.17) is 0 Å². The normalized spacial score (nSPS) is 10.8. The molecule has 0 spiro atoms. The summed E-state index contributed by atoms with van der Waals surface area (Å²) in [6.45, 7) is 7.97. The van der Waals surface area contributed by atoms with E-state index in [0.717, 1.165) is 0 Å². The lowest BCUT2D eigenvalue weighted by molar-refractivity contribution is 0.820. The molecule has 0 N–H and O–H groups in total. The molecule has 0 saturated carbocycles. The predicted molar refractivity (Wildman–Crippen MR) is 74.1 cm³/mol. The van der Waals surface area contributed by atoms with E-state index in [0.29, 0.717) is 0 Å². The van der Waals surface area contributed by atoms with Crippen molar-refractivity contribution in [3.05, 3.63) is 97.1 Å². The Morgan fingerprint density at radius 2 is 1.00 bits per heavy atom. The molecule has 0 aromatic heterocycles. The molecule has 0 heterocycles. The molecule has 0 bridgehead atoms. The average Bonchev–Trinajstić information content (AvgIpc) is 2.43. The van der Waals surface area contributed by atoms with E-state index in [1.54, 1.807) is 0 Å². The Kier molecular flexibility index (Phi) is 3.24. The maximum atomic E-state index is 3.99. The molecular formula is C17H16. The van der Waals surface area contributed by atoms with Crippen LogP contribution < -0.4 is 0 Å². The maximum Gasteiger partial charge on any atom is 0.0557 e. The highest BCUT2D eigenvalue weighted by atomic mass is 14.3. The van der Waals surface area contributed by atoms with Crippen LogP contribution in [-0.4, -0.2) is 0 Å². The number of benzene rings is 2. The van der Waals surface area contributed by atoms with E-state index in [-0.39, 0.29) is 5.41 Å². The summed E-state index contributed by atoms with van der Waals surface area (Å²) in [5.74, 6) is 0. The van der Waals surface area contributed by atoms with Gasteiger partial charge in [0.25, 0.3) is 0 Å². The van der Waals surface area contributed by atoms with Crippen LogP contribution >= 0.6 is 0 Å². The minimum absolute atomic E-state index is 0.303. The third-order valence-corrected chi connectivity index (χ3v) is 3.15. The monoisotopic (exact) mass is 220 g/mol. The summed E-state index contributed by atoms with van der Waals surface area (Å²) in [4.78, 5) is 0. The highest BCUT2D eigenvalue weighted by Gasteiger charge is 2.26. The Morgan fingerprint density at radius 1 is 0.647 bits per heavy atom. The molecule has 0 radical (unpaired) electrons. The minimum Gasteiger partial charge on any atom is -0.102 e. The number of hydrogen-bond acceptors (Lipinski definition) is 0. The third-order valence-electron chi connectivity index (χ3n) is 3.15. The fourth-order valence-electron chi connectivity index (χ4n) is 2.15. The summed E-state index contributed by atoms with van der Waals surface area (Å²) < 4.78 is 0. The van der Waals surface area contributed by atoms with Crippen molar-refractivity contribution in [1.29, 1.82) is 0 Å². The lowest BCUT2D eigenvalue weighted by Crippen LogP contribution is -2.21. The molecule has 17 heavy (non-hydrogen) atoms. The number of hydrogen-bond donors (Lipinski definition) is 0. The van der Waals surface area contributed by atoms with Crippen LogP contribution in [0.2, 0.25) is 0 Å². The van der Waals surface area contributed by atoms with Gasteiger partial charge in [-0.1, -0.05) is 72.8 Å². The van der Waals surface area contributed by atoms with Gasteiger partial charge in [-0.15, -0.1) is 13.2 Å². The molecule has 2 aromatic rings. The van der Waals surface area contributed by atoms with E-state index in [2.05, 4.69) is 37.4 Å². The summed E-state index contributed by atoms with van der Waals surface area (Å²) >= 11 is 0. The van der Waals surface area contributed by atoms with Gasteiger partial charge in [0, 0.05) is 0 Å². The van der Waals surface area contributed by atoms with Gasteiger partial charge >= 0.3 is 0 Å². The van der Waals surface area contributed by atoms with E-state index < -0.39 is 0 Å². The zero-order valence-corrected chi connectivity index (χ0v) is 9.84. The van der Waals surface area contributed by atoms with Crippen molar-refractivity contribution in [3.63, 3.8) is 0 Å². The topological polar surface area (TPSA) is 0 Å². The molecule has 0 heteroatoms. The molecule has 0 aliphatic carbocycles. The lowest BCUT2D eigenvalue weighted by atomic mass is 9.75. The molecule has 84 valence electrons. The van der Waals surface area contributed by atoms with Crippen molar-refractivity contribution in [1.82, 2.24) is 0 Å². The molecule has 0 nitrogen and oxygen atoms in total. The Morgan fingerprint density at radius 3 is 1.29 bits per heavy atom. The minimum atomic E-state index is -0.303. The van der Waals surface area contributed by atoms with Crippen molar-refractivity contribution in [2.24, 2.45) is 0 Å². The average molecular weight is 220 g/mol. The van der Waals surface area contributed by atoms with Crippen LogP contribution in [0.25, 0.3) is 0 Å². The van der Waals surface area contributed by atoms with Crippen LogP contribution in [0.4, 0.5) is 0 Å². The molecule has 0 atom stereocenters. The molecule has 0 unspecified atom stereocenters. The zero-order chi connectivity index (χ0) is 12.1. The molecule has 0 amide bonds. The van der Waals surface area contributed by atoms with Crippen LogP contribution in [0.3, 0.4) is 0 Å². The fourth-order valence-corrected chi connectivity index (χ4v) is 2.15. The van der Waals surface area contributed by atoms with Crippen LogP contribution in [0.5, 0.6) is 0 Å². The van der Waals surface area contributed by atoms with Crippen LogP contribution in [0.15, 0.2) is 86.0 Å². The molecule has 0 fully saturated rings. The van der Waals surface area contributed by atoms with Gasteiger partial charge in [0.05, 0.1) is 5.41 Å². The first kappa shape index (κ1) is 11.4. The highest BCUT2D eigenvalue weighted by molar-refractivity contribution is 5.48. The highest BCUT2D eigenvalue weighted by Crippen LogP contribution is 2.34. The second kappa shape index (κ2) is 4.84. The van der Waals surface area contributed by atoms with Crippen LogP contribution in [-0.2, 0) is 5.41 Å². The first-order valence-electron chi connectivity index (χ1n) is 5.72. The Bertz CT molecular complexity index is 445. The smallest absolute Gasteiger partial charge is 0.0557 e. The van der Waals surface area contributed by atoms with Crippen molar-refractivity contribution in [2.75, 3.05) is 0 Å². The Hall–Kier alpha value is -2.08.